The molecule has 2 bridgehead atoms. The predicted octanol–water partition coefficient (Wildman–Crippen LogP) is 4.23. The number of rotatable bonds is 1. The normalized spacial score (nSPS) is 58.3. The minimum atomic E-state index is -0.583. The topological polar surface area (TPSA) is 57.5 Å². The van der Waals surface area contributed by atoms with Gasteiger partial charge in [0, 0.05) is 0 Å². The Balaban J connectivity index is 1.78. The van der Waals surface area contributed by atoms with Crippen LogP contribution in [0.25, 0.3) is 0 Å². The Labute approximate surface area is 139 Å². The van der Waals surface area contributed by atoms with Crippen LogP contribution >= 0.6 is 0 Å². The van der Waals surface area contributed by atoms with Crippen molar-refractivity contribution in [2.24, 2.45) is 34.0 Å². The van der Waals surface area contributed by atoms with Crippen LogP contribution in [0.3, 0.4) is 0 Å². The number of aliphatic carboxylic acids is 1. The van der Waals surface area contributed by atoms with E-state index in [4.69, 9.17) is 0 Å². The number of carboxylic acid groups (broad SMARTS) is 1. The maximum atomic E-state index is 12.1. The lowest BCUT2D eigenvalue weighted by Gasteiger charge is -2.66. The number of fused-ring (bicyclic) bond motifs is 2. The van der Waals surface area contributed by atoms with Crippen LogP contribution in [0.2, 0.25) is 0 Å². The number of aliphatic hydroxyl groups is 1. The highest BCUT2D eigenvalue weighted by Gasteiger charge is 2.69. The molecule has 0 aromatic carbocycles. The molecule has 0 unspecified atom stereocenters. The zero-order valence-electron chi connectivity index (χ0n) is 14.9. The molecule has 0 aliphatic heterocycles. The molecule has 1 spiro atoms. The Morgan fingerprint density at radius 1 is 0.957 bits per heavy atom. The smallest absolute Gasteiger partial charge is 0.309 e. The standard InChI is InChI=1S/C20H32O3/c1-17(16(21)22)8-4-9-18(2)15(17)6-5-14-11-19(3,23)13-7-10-20(14,18)12-13/h13-15,23H,4-12H2,1-3H3,(H,21,22)/t13-,14+,15+,17-,18+,19-,20-/m1/s1. The third kappa shape index (κ3) is 1.78. The molecule has 4 rings (SSSR count). The van der Waals surface area contributed by atoms with Crippen LogP contribution in [0.4, 0.5) is 0 Å². The van der Waals surface area contributed by atoms with Crippen molar-refractivity contribution in [1.82, 2.24) is 0 Å². The Bertz CT molecular complexity index is 541. The SMILES string of the molecule is C[C@@]1(C(=O)O)CCC[C@@]2(C)[C@H]1CC[C@H]1C[C@@](C)(O)[C@@H]3CC[C@@]12C3. The molecule has 0 saturated heterocycles. The van der Waals surface area contributed by atoms with E-state index in [1.165, 1.54) is 12.8 Å². The van der Waals surface area contributed by atoms with E-state index in [2.05, 4.69) is 6.92 Å². The van der Waals surface area contributed by atoms with Crippen LogP contribution in [0.15, 0.2) is 0 Å². The van der Waals surface area contributed by atoms with Crippen LogP contribution in [-0.2, 0) is 4.79 Å². The summed E-state index contributed by atoms with van der Waals surface area (Å²) in [5, 5.41) is 20.8. The first-order valence-corrected chi connectivity index (χ1v) is 9.62. The second kappa shape index (κ2) is 4.53. The number of carbonyl (C=O) groups is 1. The predicted molar refractivity (Wildman–Crippen MR) is 88.9 cm³/mol. The molecule has 3 nitrogen and oxygen atoms in total. The second-order valence-electron chi connectivity index (χ2n) is 9.98. The fourth-order valence-corrected chi connectivity index (χ4v) is 7.93. The van der Waals surface area contributed by atoms with E-state index in [9.17, 15) is 15.0 Å². The van der Waals surface area contributed by atoms with E-state index >= 15 is 0 Å². The van der Waals surface area contributed by atoms with Crippen LogP contribution in [0, 0.1) is 34.0 Å². The lowest BCUT2D eigenvalue weighted by Crippen LogP contribution is -2.62. The van der Waals surface area contributed by atoms with Gasteiger partial charge in [-0.3, -0.25) is 4.79 Å². The van der Waals surface area contributed by atoms with Crippen LogP contribution in [0.5, 0.6) is 0 Å². The molecule has 0 aromatic heterocycles. The summed E-state index contributed by atoms with van der Waals surface area (Å²) in [7, 11) is 0. The van der Waals surface area contributed by atoms with Crippen LogP contribution < -0.4 is 0 Å². The molecule has 130 valence electrons. The fraction of sp³-hybridized carbons (Fsp3) is 0.950. The van der Waals surface area contributed by atoms with Gasteiger partial charge < -0.3 is 10.2 Å². The molecule has 7 atom stereocenters. The monoisotopic (exact) mass is 320 g/mol. The highest BCUT2D eigenvalue weighted by molar-refractivity contribution is 5.75. The van der Waals surface area contributed by atoms with Gasteiger partial charge >= 0.3 is 5.97 Å². The van der Waals surface area contributed by atoms with Gasteiger partial charge in [0.2, 0.25) is 0 Å². The van der Waals surface area contributed by atoms with E-state index < -0.39 is 17.0 Å². The van der Waals surface area contributed by atoms with E-state index in [1.807, 2.05) is 13.8 Å². The van der Waals surface area contributed by atoms with Gasteiger partial charge in [-0.2, -0.15) is 0 Å². The third-order valence-corrected chi connectivity index (χ3v) is 9.23. The Kier molecular flexibility index (Phi) is 3.14. The molecule has 23 heavy (non-hydrogen) atoms. The molecular weight excluding hydrogens is 288 g/mol. The summed E-state index contributed by atoms with van der Waals surface area (Å²) in [6, 6.07) is 0. The molecule has 0 radical (unpaired) electrons. The van der Waals surface area contributed by atoms with Crippen LogP contribution in [0.1, 0.15) is 78.6 Å². The minimum Gasteiger partial charge on any atom is -0.481 e. The second-order valence-corrected chi connectivity index (χ2v) is 9.98. The molecule has 4 aliphatic carbocycles. The molecular formula is C20H32O3. The van der Waals surface area contributed by atoms with Gasteiger partial charge in [0.25, 0.3) is 0 Å². The summed E-state index contributed by atoms with van der Waals surface area (Å²) in [6.45, 7) is 6.48. The van der Waals surface area contributed by atoms with Gasteiger partial charge in [0.15, 0.2) is 0 Å². The zero-order chi connectivity index (χ0) is 16.7. The van der Waals surface area contributed by atoms with Gasteiger partial charge in [-0.1, -0.05) is 13.3 Å². The highest BCUT2D eigenvalue weighted by atomic mass is 16.4. The van der Waals surface area contributed by atoms with Crippen molar-refractivity contribution in [3.05, 3.63) is 0 Å². The maximum Gasteiger partial charge on any atom is 0.309 e. The van der Waals surface area contributed by atoms with Gasteiger partial charge in [0.05, 0.1) is 11.0 Å². The zero-order valence-corrected chi connectivity index (χ0v) is 14.9. The van der Waals surface area contributed by atoms with Crippen molar-refractivity contribution < 1.29 is 15.0 Å². The van der Waals surface area contributed by atoms with Gasteiger partial charge in [-0.25, -0.2) is 0 Å². The molecule has 2 N–H and O–H groups in total. The molecule has 3 heteroatoms. The minimum absolute atomic E-state index is 0.145. The van der Waals surface area contributed by atoms with E-state index in [1.54, 1.807) is 0 Å². The van der Waals surface area contributed by atoms with Crippen molar-refractivity contribution >= 4 is 5.97 Å². The van der Waals surface area contributed by atoms with Crippen LogP contribution in [-0.4, -0.2) is 21.8 Å². The Hall–Kier alpha value is -0.570. The Morgan fingerprint density at radius 2 is 1.70 bits per heavy atom. The first-order chi connectivity index (χ1) is 10.7. The average Bonchev–Trinajstić information content (AvgIpc) is 2.87. The summed E-state index contributed by atoms with van der Waals surface area (Å²) in [6.07, 6.45) is 9.63. The van der Waals surface area contributed by atoms with Crippen molar-refractivity contribution in [2.45, 2.75) is 84.2 Å². The summed E-state index contributed by atoms with van der Waals surface area (Å²) in [5.41, 5.74) is -0.615. The number of hydrogen-bond donors (Lipinski definition) is 2. The Morgan fingerprint density at radius 3 is 2.39 bits per heavy atom. The van der Waals surface area contributed by atoms with E-state index in [0.717, 1.165) is 44.9 Å². The van der Waals surface area contributed by atoms with Crippen molar-refractivity contribution in [2.75, 3.05) is 0 Å². The molecule has 0 heterocycles. The number of carboxylic acids is 1. The van der Waals surface area contributed by atoms with E-state index in [0.29, 0.717) is 23.2 Å². The molecule has 4 saturated carbocycles. The fourth-order valence-electron chi connectivity index (χ4n) is 7.93. The third-order valence-electron chi connectivity index (χ3n) is 9.23. The van der Waals surface area contributed by atoms with Crippen molar-refractivity contribution in [3.63, 3.8) is 0 Å². The summed E-state index contributed by atoms with van der Waals surface area (Å²) < 4.78 is 0. The summed E-state index contributed by atoms with van der Waals surface area (Å²) >= 11 is 0. The lowest BCUT2D eigenvalue weighted by atomic mass is 9.38. The molecule has 4 aliphatic rings. The van der Waals surface area contributed by atoms with Gasteiger partial charge in [-0.05, 0) is 93.8 Å². The van der Waals surface area contributed by atoms with Crippen molar-refractivity contribution in [3.8, 4) is 0 Å². The average molecular weight is 320 g/mol. The first-order valence-electron chi connectivity index (χ1n) is 9.62. The van der Waals surface area contributed by atoms with Gasteiger partial charge in [-0.15, -0.1) is 0 Å². The lowest BCUT2D eigenvalue weighted by molar-refractivity contribution is -0.205. The first kappa shape index (κ1) is 15.9. The summed E-state index contributed by atoms with van der Waals surface area (Å²) in [4.78, 5) is 12.1. The summed E-state index contributed by atoms with van der Waals surface area (Å²) in [5.74, 6) is 0.737. The largest absolute Gasteiger partial charge is 0.481 e. The quantitative estimate of drug-likeness (QED) is 0.760. The van der Waals surface area contributed by atoms with E-state index in [-0.39, 0.29) is 5.41 Å². The molecule has 0 amide bonds. The molecule has 0 aromatic rings. The van der Waals surface area contributed by atoms with Crippen molar-refractivity contribution in [1.29, 1.82) is 0 Å². The highest BCUT2D eigenvalue weighted by Crippen LogP contribution is 2.75. The van der Waals surface area contributed by atoms with Gasteiger partial charge in [0.1, 0.15) is 0 Å². The molecule has 4 fully saturated rings. The maximum absolute atomic E-state index is 12.1. The number of hydrogen-bond acceptors (Lipinski definition) is 2.